The Balaban J connectivity index is 2.09. The number of carbonyl (C=O) groups excluding carboxylic acids is 2. The van der Waals surface area contributed by atoms with E-state index in [2.05, 4.69) is 15.5 Å². The van der Waals surface area contributed by atoms with Crippen molar-refractivity contribution in [3.8, 4) is 5.75 Å². The van der Waals surface area contributed by atoms with Gasteiger partial charge in [0.1, 0.15) is 5.75 Å². The van der Waals surface area contributed by atoms with Gasteiger partial charge in [0.15, 0.2) is 0 Å². The van der Waals surface area contributed by atoms with E-state index in [1.165, 1.54) is 4.90 Å². The van der Waals surface area contributed by atoms with Crippen LogP contribution in [0.1, 0.15) is 19.3 Å². The molecule has 26 heavy (non-hydrogen) atoms. The third-order valence-electron chi connectivity index (χ3n) is 4.74. The second-order valence-corrected chi connectivity index (χ2v) is 7.33. The number of ether oxygens (including phenoxy) is 1. The van der Waals surface area contributed by atoms with Gasteiger partial charge in [-0.3, -0.25) is 4.79 Å². The summed E-state index contributed by atoms with van der Waals surface area (Å²) in [6.45, 7) is 2.57. The normalized spacial score (nSPS) is 16.2. The van der Waals surface area contributed by atoms with Gasteiger partial charge in [-0.2, -0.15) is 0 Å². The highest BCUT2D eigenvalue weighted by Crippen LogP contribution is 2.34. The van der Waals surface area contributed by atoms with Crippen molar-refractivity contribution in [3.05, 3.63) is 24.3 Å². The highest BCUT2D eigenvalue weighted by atomic mass is 16.6. The molecular weight excluding hydrogens is 332 g/mol. The maximum Gasteiger partial charge on any atom is 0.414 e. The lowest BCUT2D eigenvalue weighted by molar-refractivity contribution is -0.127. The smallest absolute Gasteiger partial charge is 0.410 e. The summed E-state index contributed by atoms with van der Waals surface area (Å²) in [5, 5.41) is 6.36. The first-order valence-electron chi connectivity index (χ1n) is 8.98. The van der Waals surface area contributed by atoms with Crippen LogP contribution < -0.4 is 15.4 Å². The van der Waals surface area contributed by atoms with Gasteiger partial charge >= 0.3 is 6.09 Å². The predicted octanol–water partition coefficient (Wildman–Crippen LogP) is 2.01. The van der Waals surface area contributed by atoms with Crippen molar-refractivity contribution in [3.63, 3.8) is 0 Å². The zero-order chi connectivity index (χ0) is 19.2. The van der Waals surface area contributed by atoms with Crippen molar-refractivity contribution in [1.82, 2.24) is 15.1 Å². The number of carbonyl (C=O) groups is 2. The van der Waals surface area contributed by atoms with Crippen LogP contribution >= 0.6 is 0 Å². The lowest BCUT2D eigenvalue weighted by Gasteiger charge is -2.37. The van der Waals surface area contributed by atoms with Crippen LogP contribution in [-0.4, -0.2) is 69.6 Å². The summed E-state index contributed by atoms with van der Waals surface area (Å²) in [5.74, 6) is 0.450. The van der Waals surface area contributed by atoms with Gasteiger partial charge in [-0.25, -0.2) is 4.79 Å². The van der Waals surface area contributed by atoms with E-state index in [1.807, 2.05) is 20.2 Å². The number of nitrogens with one attached hydrogen (secondary N) is 2. The number of rotatable bonds is 6. The highest BCUT2D eigenvalue weighted by molar-refractivity contribution is 5.95. The van der Waals surface area contributed by atoms with Crippen molar-refractivity contribution in [2.45, 2.75) is 19.3 Å². The van der Waals surface area contributed by atoms with E-state index < -0.39 is 6.09 Å². The fourth-order valence-electron chi connectivity index (χ4n) is 3.03. The summed E-state index contributed by atoms with van der Waals surface area (Å²) < 4.78 is 5.27. The van der Waals surface area contributed by atoms with Gasteiger partial charge in [-0.05, 0) is 65.1 Å². The van der Waals surface area contributed by atoms with Crippen molar-refractivity contribution in [1.29, 1.82) is 0 Å². The molecule has 1 aromatic carbocycles. The van der Waals surface area contributed by atoms with Gasteiger partial charge < -0.3 is 25.2 Å². The Kier molecular flexibility index (Phi) is 6.99. The van der Waals surface area contributed by atoms with Gasteiger partial charge in [0.25, 0.3) is 0 Å². The molecule has 2 N–H and O–H groups in total. The van der Waals surface area contributed by atoms with E-state index in [4.69, 9.17) is 4.74 Å². The third kappa shape index (κ3) is 5.44. The zero-order valence-electron chi connectivity index (χ0n) is 16.2. The Hall–Kier alpha value is -2.12. The molecule has 1 fully saturated rings. The van der Waals surface area contributed by atoms with Crippen LogP contribution in [0.3, 0.4) is 0 Å². The molecule has 7 nitrogen and oxygen atoms in total. The Morgan fingerprint density at radius 3 is 2.50 bits per heavy atom. The molecule has 1 aliphatic rings. The van der Waals surface area contributed by atoms with Crippen LogP contribution in [0.5, 0.6) is 5.75 Å². The minimum atomic E-state index is -0.450. The summed E-state index contributed by atoms with van der Waals surface area (Å²) in [5.41, 5.74) is 0.271. The fraction of sp³-hybridized carbons (Fsp3) is 0.579. The van der Waals surface area contributed by atoms with Gasteiger partial charge in [0, 0.05) is 25.8 Å². The van der Waals surface area contributed by atoms with Crippen molar-refractivity contribution in [2.75, 3.05) is 53.1 Å². The van der Waals surface area contributed by atoms with Gasteiger partial charge in [-0.15, -0.1) is 0 Å². The maximum absolute atomic E-state index is 13.1. The molecule has 1 aromatic rings. The summed E-state index contributed by atoms with van der Waals surface area (Å²) in [4.78, 5) is 28.2. The number of hydrogen-bond acceptors (Lipinski definition) is 5. The minimum Gasteiger partial charge on any atom is -0.410 e. The summed E-state index contributed by atoms with van der Waals surface area (Å²) in [7, 11) is 7.30. The van der Waals surface area contributed by atoms with Crippen molar-refractivity contribution in [2.24, 2.45) is 5.41 Å². The van der Waals surface area contributed by atoms with E-state index in [0.29, 0.717) is 11.4 Å². The second-order valence-electron chi connectivity index (χ2n) is 7.33. The lowest BCUT2D eigenvalue weighted by atomic mass is 9.75. The van der Waals surface area contributed by atoms with Crippen LogP contribution in [-0.2, 0) is 4.79 Å². The molecule has 0 aromatic heterocycles. The Bertz CT molecular complexity index is 625. The Morgan fingerprint density at radius 1 is 1.19 bits per heavy atom. The largest absolute Gasteiger partial charge is 0.414 e. The molecule has 2 amide bonds. The summed E-state index contributed by atoms with van der Waals surface area (Å²) in [6.07, 6.45) is 2.02. The van der Waals surface area contributed by atoms with E-state index >= 15 is 0 Å². The van der Waals surface area contributed by atoms with E-state index in [-0.39, 0.29) is 11.3 Å². The maximum atomic E-state index is 13.1. The van der Waals surface area contributed by atoms with Crippen LogP contribution in [0.2, 0.25) is 0 Å². The van der Waals surface area contributed by atoms with Gasteiger partial charge in [-0.1, -0.05) is 6.07 Å². The minimum absolute atomic E-state index is 0.0388. The number of nitrogens with zero attached hydrogens (tertiary/aromatic N) is 2. The molecule has 0 spiro atoms. The van der Waals surface area contributed by atoms with Crippen LogP contribution in [0.15, 0.2) is 24.3 Å². The SMILES string of the molecule is CN(C)CCC1(C(=O)Nc2cccc(OC(=O)N(C)C)c2)CCNCC1. The molecule has 0 saturated carbocycles. The number of anilines is 1. The van der Waals surface area contributed by atoms with E-state index in [0.717, 1.165) is 38.9 Å². The third-order valence-corrected chi connectivity index (χ3v) is 4.74. The molecule has 0 aliphatic carbocycles. The van der Waals surface area contributed by atoms with Crippen molar-refractivity contribution < 1.29 is 14.3 Å². The molecule has 0 bridgehead atoms. The number of piperidine rings is 1. The van der Waals surface area contributed by atoms with Gasteiger partial charge in [0.05, 0.1) is 5.41 Å². The van der Waals surface area contributed by atoms with Crippen LogP contribution in [0.25, 0.3) is 0 Å². The Labute approximate surface area is 155 Å². The molecule has 1 saturated heterocycles. The van der Waals surface area contributed by atoms with Crippen molar-refractivity contribution >= 4 is 17.7 Å². The van der Waals surface area contributed by atoms with E-state index in [9.17, 15) is 9.59 Å². The predicted molar refractivity (Wildman–Crippen MR) is 102 cm³/mol. The molecule has 0 unspecified atom stereocenters. The fourth-order valence-corrected chi connectivity index (χ4v) is 3.03. The molecule has 1 aliphatic heterocycles. The average Bonchev–Trinajstić information content (AvgIpc) is 2.61. The summed E-state index contributed by atoms with van der Waals surface area (Å²) in [6, 6.07) is 6.96. The monoisotopic (exact) mass is 362 g/mol. The first kappa shape index (κ1) is 20.2. The molecular formula is C19H30N4O3. The standard InChI is InChI=1S/C19H30N4O3/c1-22(2)13-10-19(8-11-20-12-9-19)17(24)21-15-6-5-7-16(14-15)26-18(25)23(3)4/h5-7,14,20H,8-13H2,1-4H3,(H,21,24). The second kappa shape index (κ2) is 9.00. The number of benzene rings is 1. The first-order chi connectivity index (χ1) is 12.3. The molecule has 144 valence electrons. The molecule has 0 atom stereocenters. The molecule has 1 heterocycles. The van der Waals surface area contributed by atoms with Gasteiger partial charge in [0.2, 0.25) is 5.91 Å². The topological polar surface area (TPSA) is 73.9 Å². The lowest BCUT2D eigenvalue weighted by Crippen LogP contribution is -2.46. The van der Waals surface area contributed by atoms with Crippen LogP contribution in [0, 0.1) is 5.41 Å². The molecule has 0 radical (unpaired) electrons. The highest BCUT2D eigenvalue weighted by Gasteiger charge is 2.39. The summed E-state index contributed by atoms with van der Waals surface area (Å²) >= 11 is 0. The number of hydrogen-bond donors (Lipinski definition) is 2. The molecule has 2 rings (SSSR count). The van der Waals surface area contributed by atoms with E-state index in [1.54, 1.807) is 32.3 Å². The van der Waals surface area contributed by atoms with Crippen LogP contribution in [0.4, 0.5) is 10.5 Å². The molecule has 7 heteroatoms. The number of amides is 2. The average molecular weight is 362 g/mol. The first-order valence-corrected chi connectivity index (χ1v) is 8.98. The quantitative estimate of drug-likeness (QED) is 0.810. The zero-order valence-corrected chi connectivity index (χ0v) is 16.2. The Morgan fingerprint density at radius 2 is 1.88 bits per heavy atom.